The van der Waals surface area contributed by atoms with Crippen molar-refractivity contribution in [1.29, 1.82) is 0 Å². The van der Waals surface area contributed by atoms with E-state index < -0.39 is 10.1 Å². The van der Waals surface area contributed by atoms with Gasteiger partial charge in [0.1, 0.15) is 5.75 Å². The van der Waals surface area contributed by atoms with E-state index in [4.69, 9.17) is 16.3 Å². The minimum absolute atomic E-state index is 0.124. The second kappa shape index (κ2) is 6.08. The Bertz CT molecular complexity index is 430. The summed E-state index contributed by atoms with van der Waals surface area (Å²) in [7, 11) is -3.35. The molecule has 1 aromatic carbocycles. The zero-order valence-electron chi connectivity index (χ0n) is 8.85. The van der Waals surface area contributed by atoms with Crippen molar-refractivity contribution < 1.29 is 17.3 Å². The van der Waals surface area contributed by atoms with Gasteiger partial charge in [-0.3, -0.25) is 4.18 Å². The molecule has 0 unspecified atom stereocenters. The summed E-state index contributed by atoms with van der Waals surface area (Å²) in [4.78, 5) is 0. The van der Waals surface area contributed by atoms with Gasteiger partial charge in [0.15, 0.2) is 0 Å². The van der Waals surface area contributed by atoms with Gasteiger partial charge in [-0.15, -0.1) is 0 Å². The van der Waals surface area contributed by atoms with Gasteiger partial charge in [0.25, 0.3) is 10.1 Å². The maximum atomic E-state index is 10.6. The third-order valence-corrected chi connectivity index (χ3v) is 2.48. The molecular weight excluding hydrogens is 252 g/mol. The molecule has 0 saturated heterocycles. The fourth-order valence-corrected chi connectivity index (χ4v) is 1.62. The van der Waals surface area contributed by atoms with Crippen LogP contribution in [0, 0.1) is 0 Å². The summed E-state index contributed by atoms with van der Waals surface area (Å²) >= 11 is 5.76. The lowest BCUT2D eigenvalue weighted by atomic mass is 10.3. The van der Waals surface area contributed by atoms with Gasteiger partial charge in [-0.1, -0.05) is 17.7 Å². The summed E-state index contributed by atoms with van der Waals surface area (Å²) in [6.07, 6.45) is 1.52. The summed E-state index contributed by atoms with van der Waals surface area (Å²) < 4.78 is 31.2. The Balaban J connectivity index is 2.21. The topological polar surface area (TPSA) is 52.6 Å². The Labute approximate surface area is 100 Å². The molecule has 0 bridgehead atoms. The Hall–Kier alpha value is -0.780. The van der Waals surface area contributed by atoms with Gasteiger partial charge >= 0.3 is 0 Å². The van der Waals surface area contributed by atoms with Crippen molar-refractivity contribution in [3.8, 4) is 5.75 Å². The van der Waals surface area contributed by atoms with Crippen molar-refractivity contribution in [3.63, 3.8) is 0 Å². The van der Waals surface area contributed by atoms with Crippen molar-refractivity contribution in [2.75, 3.05) is 19.5 Å². The van der Waals surface area contributed by atoms with Crippen LogP contribution < -0.4 is 4.74 Å². The molecule has 0 amide bonds. The standard InChI is InChI=1S/C10H13ClO4S/c1-16(12,13)15-7-3-6-14-10-5-2-4-9(11)8-10/h2,4-5,8H,3,6-7H2,1H3. The molecule has 0 N–H and O–H groups in total. The largest absolute Gasteiger partial charge is 0.493 e. The van der Waals surface area contributed by atoms with Gasteiger partial charge in [-0.25, -0.2) is 0 Å². The van der Waals surface area contributed by atoms with E-state index in [2.05, 4.69) is 4.18 Å². The lowest BCUT2D eigenvalue weighted by Crippen LogP contribution is -2.07. The number of hydrogen-bond acceptors (Lipinski definition) is 4. The molecule has 0 aliphatic carbocycles. The number of ether oxygens (including phenoxy) is 1. The predicted molar refractivity (Wildman–Crippen MR) is 62.4 cm³/mol. The smallest absolute Gasteiger partial charge is 0.264 e. The molecule has 0 fully saturated rings. The molecule has 0 heterocycles. The van der Waals surface area contributed by atoms with Gasteiger partial charge in [0.2, 0.25) is 0 Å². The maximum absolute atomic E-state index is 10.6. The number of rotatable bonds is 6. The van der Waals surface area contributed by atoms with E-state index in [1.54, 1.807) is 24.3 Å². The molecule has 0 radical (unpaired) electrons. The van der Waals surface area contributed by atoms with E-state index in [0.29, 0.717) is 23.8 Å². The SMILES string of the molecule is CS(=O)(=O)OCCCOc1cccc(Cl)c1. The first-order valence-electron chi connectivity index (χ1n) is 4.70. The zero-order chi connectivity index (χ0) is 12.0. The lowest BCUT2D eigenvalue weighted by molar-refractivity contribution is 0.252. The molecule has 0 aliphatic rings. The highest BCUT2D eigenvalue weighted by Crippen LogP contribution is 2.17. The molecule has 0 saturated carbocycles. The zero-order valence-corrected chi connectivity index (χ0v) is 10.4. The quantitative estimate of drug-likeness (QED) is 0.583. The molecule has 0 atom stereocenters. The van der Waals surface area contributed by atoms with Crippen molar-refractivity contribution >= 4 is 21.7 Å². The van der Waals surface area contributed by atoms with Crippen LogP contribution in [0.25, 0.3) is 0 Å². The van der Waals surface area contributed by atoms with E-state index in [1.165, 1.54) is 0 Å². The first-order chi connectivity index (χ1) is 7.47. The average Bonchev–Trinajstić information content (AvgIpc) is 2.15. The fraction of sp³-hybridized carbons (Fsp3) is 0.400. The molecular formula is C10H13ClO4S. The number of benzene rings is 1. The van der Waals surface area contributed by atoms with Crippen molar-refractivity contribution in [2.45, 2.75) is 6.42 Å². The minimum Gasteiger partial charge on any atom is -0.493 e. The van der Waals surface area contributed by atoms with Gasteiger partial charge < -0.3 is 4.74 Å². The van der Waals surface area contributed by atoms with Crippen molar-refractivity contribution in [1.82, 2.24) is 0 Å². The highest BCUT2D eigenvalue weighted by Gasteiger charge is 2.01. The lowest BCUT2D eigenvalue weighted by Gasteiger charge is -2.06. The molecule has 6 heteroatoms. The summed E-state index contributed by atoms with van der Waals surface area (Å²) in [6, 6.07) is 7.01. The summed E-state index contributed by atoms with van der Waals surface area (Å²) in [5.41, 5.74) is 0. The van der Waals surface area contributed by atoms with E-state index >= 15 is 0 Å². The van der Waals surface area contributed by atoms with E-state index in [-0.39, 0.29) is 6.61 Å². The predicted octanol–water partition coefficient (Wildman–Crippen LogP) is 2.09. The third kappa shape index (κ3) is 5.95. The first kappa shape index (κ1) is 13.3. The summed E-state index contributed by atoms with van der Waals surface area (Å²) in [5, 5.41) is 0.602. The van der Waals surface area contributed by atoms with Crippen LogP contribution in [0.2, 0.25) is 5.02 Å². The van der Waals surface area contributed by atoms with Crippen LogP contribution in [-0.4, -0.2) is 27.9 Å². The summed E-state index contributed by atoms with van der Waals surface area (Å²) in [5.74, 6) is 0.659. The first-order valence-corrected chi connectivity index (χ1v) is 6.89. The highest BCUT2D eigenvalue weighted by molar-refractivity contribution is 7.85. The monoisotopic (exact) mass is 264 g/mol. The van der Waals surface area contributed by atoms with Crippen LogP contribution in [0.3, 0.4) is 0 Å². The minimum atomic E-state index is -3.35. The van der Waals surface area contributed by atoms with Crippen LogP contribution >= 0.6 is 11.6 Å². The van der Waals surface area contributed by atoms with Gasteiger partial charge in [-0.05, 0) is 18.2 Å². The molecule has 16 heavy (non-hydrogen) atoms. The summed E-state index contributed by atoms with van der Waals surface area (Å²) in [6.45, 7) is 0.509. The van der Waals surface area contributed by atoms with Crippen LogP contribution in [-0.2, 0) is 14.3 Å². The average molecular weight is 265 g/mol. The molecule has 4 nitrogen and oxygen atoms in total. The molecule has 1 rings (SSSR count). The second-order valence-electron chi connectivity index (χ2n) is 3.19. The molecule has 0 aliphatic heterocycles. The van der Waals surface area contributed by atoms with Gasteiger partial charge in [-0.2, -0.15) is 8.42 Å². The molecule has 0 aromatic heterocycles. The Morgan fingerprint density at radius 1 is 1.31 bits per heavy atom. The molecule has 1 aromatic rings. The van der Waals surface area contributed by atoms with Gasteiger partial charge in [0.05, 0.1) is 19.5 Å². The molecule has 90 valence electrons. The number of halogens is 1. The van der Waals surface area contributed by atoms with Crippen LogP contribution in [0.1, 0.15) is 6.42 Å². The van der Waals surface area contributed by atoms with Crippen molar-refractivity contribution in [2.24, 2.45) is 0 Å². The Kier molecular flexibility index (Phi) is 5.05. The van der Waals surface area contributed by atoms with Crippen LogP contribution in [0.15, 0.2) is 24.3 Å². The number of hydrogen-bond donors (Lipinski definition) is 0. The van der Waals surface area contributed by atoms with E-state index in [0.717, 1.165) is 6.26 Å². The van der Waals surface area contributed by atoms with E-state index in [9.17, 15) is 8.42 Å². The van der Waals surface area contributed by atoms with Crippen LogP contribution in [0.5, 0.6) is 5.75 Å². The Morgan fingerprint density at radius 3 is 2.69 bits per heavy atom. The van der Waals surface area contributed by atoms with E-state index in [1.807, 2.05) is 0 Å². The second-order valence-corrected chi connectivity index (χ2v) is 5.27. The van der Waals surface area contributed by atoms with Crippen LogP contribution in [0.4, 0.5) is 0 Å². The normalized spacial score (nSPS) is 11.4. The third-order valence-electron chi connectivity index (χ3n) is 1.65. The van der Waals surface area contributed by atoms with Crippen molar-refractivity contribution in [3.05, 3.63) is 29.3 Å². The maximum Gasteiger partial charge on any atom is 0.264 e. The Morgan fingerprint density at radius 2 is 2.06 bits per heavy atom. The highest BCUT2D eigenvalue weighted by atomic mass is 35.5. The molecule has 0 spiro atoms. The van der Waals surface area contributed by atoms with Gasteiger partial charge in [0, 0.05) is 11.4 Å². The fourth-order valence-electron chi connectivity index (χ4n) is 1.02.